The highest BCUT2D eigenvalue weighted by Gasteiger charge is 2.65. The van der Waals surface area contributed by atoms with Crippen molar-refractivity contribution in [2.75, 3.05) is 6.61 Å². The molecule has 0 N–H and O–H groups in total. The van der Waals surface area contributed by atoms with Crippen molar-refractivity contribution in [3.05, 3.63) is 18.7 Å². The Bertz CT molecular complexity index is 558. The third-order valence-corrected chi connectivity index (χ3v) is 4.24. The Balaban J connectivity index is 1.67. The predicted octanol–water partition coefficient (Wildman–Crippen LogP) is 1.28. The van der Waals surface area contributed by atoms with E-state index in [1.54, 1.807) is 12.5 Å². The molecular formula is C15H22N2O5. The summed E-state index contributed by atoms with van der Waals surface area (Å²) < 4.78 is 32.3. The summed E-state index contributed by atoms with van der Waals surface area (Å²) in [4.78, 5) is 4.08. The van der Waals surface area contributed by atoms with Crippen molar-refractivity contribution in [2.24, 2.45) is 0 Å². The zero-order valence-corrected chi connectivity index (χ0v) is 13.3. The van der Waals surface area contributed by atoms with Gasteiger partial charge in [0.1, 0.15) is 18.3 Å². The first-order valence-corrected chi connectivity index (χ1v) is 7.62. The predicted molar refractivity (Wildman–Crippen MR) is 74.8 cm³/mol. The van der Waals surface area contributed by atoms with Crippen LogP contribution in [-0.2, 0) is 30.2 Å². The maximum atomic E-state index is 6.16. The highest BCUT2D eigenvalue weighted by atomic mass is 16.9. The van der Waals surface area contributed by atoms with Gasteiger partial charge >= 0.3 is 0 Å². The van der Waals surface area contributed by atoms with E-state index in [-0.39, 0.29) is 18.3 Å². The summed E-state index contributed by atoms with van der Waals surface area (Å²) in [6.45, 7) is 8.50. The van der Waals surface area contributed by atoms with Crippen molar-refractivity contribution < 1.29 is 23.7 Å². The van der Waals surface area contributed by atoms with Gasteiger partial charge in [-0.1, -0.05) is 0 Å². The van der Waals surface area contributed by atoms with Gasteiger partial charge in [-0.15, -0.1) is 0 Å². The number of hydrogen-bond acceptors (Lipinski definition) is 6. The van der Waals surface area contributed by atoms with Crippen molar-refractivity contribution in [1.82, 2.24) is 9.55 Å². The minimum atomic E-state index is -0.894. The van der Waals surface area contributed by atoms with E-state index in [2.05, 4.69) is 4.98 Å². The smallest absolute Gasteiger partial charge is 0.218 e. The molecule has 4 heterocycles. The highest BCUT2D eigenvalue weighted by molar-refractivity contribution is 5.03. The average Bonchev–Trinajstić information content (AvgIpc) is 3.04. The van der Waals surface area contributed by atoms with Crippen LogP contribution in [0.1, 0.15) is 27.7 Å². The first-order chi connectivity index (χ1) is 10.3. The van der Waals surface area contributed by atoms with Crippen molar-refractivity contribution in [2.45, 2.75) is 69.9 Å². The molecule has 7 nitrogen and oxygen atoms in total. The highest BCUT2D eigenvalue weighted by Crippen LogP contribution is 2.48. The third kappa shape index (κ3) is 2.28. The zero-order chi connectivity index (χ0) is 15.6. The number of fused-ring (bicyclic) bond motifs is 3. The first-order valence-electron chi connectivity index (χ1n) is 7.62. The monoisotopic (exact) mass is 310 g/mol. The van der Waals surface area contributed by atoms with Gasteiger partial charge in [0.25, 0.3) is 0 Å². The fraction of sp³-hybridized carbons (Fsp3) is 0.800. The van der Waals surface area contributed by atoms with Crippen molar-refractivity contribution in [1.29, 1.82) is 0 Å². The fourth-order valence-electron chi connectivity index (χ4n) is 3.60. The van der Waals surface area contributed by atoms with Gasteiger partial charge in [-0.25, -0.2) is 4.98 Å². The van der Waals surface area contributed by atoms with Gasteiger partial charge in [0.15, 0.2) is 11.6 Å². The number of imidazole rings is 1. The van der Waals surface area contributed by atoms with Gasteiger partial charge < -0.3 is 28.3 Å². The number of ether oxygens (including phenoxy) is 5. The molecule has 0 unspecified atom stereocenters. The lowest BCUT2D eigenvalue weighted by Gasteiger charge is -2.40. The molecule has 3 saturated heterocycles. The SMILES string of the molecule is CC1(C)O[C@@H]2[C@@H](CO[C@@]3(Cn4ccnc4)OC(C)(C)O[C@@H]23)O1. The van der Waals surface area contributed by atoms with E-state index in [0.717, 1.165) is 0 Å². The van der Waals surface area contributed by atoms with E-state index >= 15 is 0 Å². The molecule has 4 atom stereocenters. The Labute approximate surface area is 129 Å². The molecule has 122 valence electrons. The molecule has 0 amide bonds. The van der Waals surface area contributed by atoms with Crippen LogP contribution in [-0.4, -0.2) is 51.8 Å². The lowest BCUT2D eigenvalue weighted by molar-refractivity contribution is -0.287. The van der Waals surface area contributed by atoms with E-state index in [0.29, 0.717) is 13.2 Å². The van der Waals surface area contributed by atoms with Gasteiger partial charge in [0, 0.05) is 12.4 Å². The third-order valence-electron chi connectivity index (χ3n) is 4.24. The van der Waals surface area contributed by atoms with Crippen LogP contribution in [0.2, 0.25) is 0 Å². The largest absolute Gasteiger partial charge is 0.343 e. The number of rotatable bonds is 2. The van der Waals surface area contributed by atoms with Gasteiger partial charge in [-0.2, -0.15) is 0 Å². The van der Waals surface area contributed by atoms with Crippen LogP contribution in [0.25, 0.3) is 0 Å². The normalized spacial score (nSPS) is 42.1. The number of aromatic nitrogens is 2. The number of nitrogens with zero attached hydrogens (tertiary/aromatic N) is 2. The van der Waals surface area contributed by atoms with Gasteiger partial charge in [0.05, 0.1) is 19.5 Å². The second-order valence-electron chi connectivity index (χ2n) is 7.04. The minimum absolute atomic E-state index is 0.145. The Kier molecular flexibility index (Phi) is 3.00. The molecule has 1 aromatic heterocycles. The molecule has 4 rings (SSSR count). The molecular weight excluding hydrogens is 288 g/mol. The number of hydrogen-bond donors (Lipinski definition) is 0. The molecule has 0 radical (unpaired) electrons. The fourth-order valence-corrected chi connectivity index (χ4v) is 3.60. The van der Waals surface area contributed by atoms with Crippen LogP contribution in [0.4, 0.5) is 0 Å². The van der Waals surface area contributed by atoms with E-state index < -0.39 is 17.4 Å². The lowest BCUT2D eigenvalue weighted by Crippen LogP contribution is -2.60. The van der Waals surface area contributed by atoms with E-state index in [1.165, 1.54) is 0 Å². The van der Waals surface area contributed by atoms with Gasteiger partial charge in [-0.3, -0.25) is 0 Å². The Morgan fingerprint density at radius 1 is 1.14 bits per heavy atom. The maximum absolute atomic E-state index is 6.16. The van der Waals surface area contributed by atoms with Gasteiger partial charge in [0.2, 0.25) is 5.79 Å². The van der Waals surface area contributed by atoms with Crippen LogP contribution in [0.5, 0.6) is 0 Å². The van der Waals surface area contributed by atoms with Crippen LogP contribution < -0.4 is 0 Å². The molecule has 3 aliphatic rings. The minimum Gasteiger partial charge on any atom is -0.343 e. The lowest BCUT2D eigenvalue weighted by atomic mass is 9.97. The second kappa shape index (κ2) is 4.52. The molecule has 1 aromatic rings. The summed E-state index contributed by atoms with van der Waals surface area (Å²) in [5, 5.41) is 0. The summed E-state index contributed by atoms with van der Waals surface area (Å²) in [6.07, 6.45) is 4.64. The van der Waals surface area contributed by atoms with E-state index in [4.69, 9.17) is 23.7 Å². The quantitative estimate of drug-likeness (QED) is 0.820. The van der Waals surface area contributed by atoms with Crippen molar-refractivity contribution in [3.63, 3.8) is 0 Å². The summed E-state index contributed by atoms with van der Waals surface area (Å²) in [7, 11) is 0. The molecule has 22 heavy (non-hydrogen) atoms. The van der Waals surface area contributed by atoms with Crippen LogP contribution in [0.3, 0.4) is 0 Å². The Hall–Kier alpha value is -0.990. The van der Waals surface area contributed by atoms with Gasteiger partial charge in [-0.05, 0) is 27.7 Å². The Morgan fingerprint density at radius 2 is 1.95 bits per heavy atom. The summed E-state index contributed by atoms with van der Waals surface area (Å²) >= 11 is 0. The summed E-state index contributed by atoms with van der Waals surface area (Å²) in [5.41, 5.74) is 0. The van der Waals surface area contributed by atoms with Crippen molar-refractivity contribution in [3.8, 4) is 0 Å². The second-order valence-corrected chi connectivity index (χ2v) is 7.04. The molecule has 0 spiro atoms. The topological polar surface area (TPSA) is 64.0 Å². The van der Waals surface area contributed by atoms with Crippen LogP contribution >= 0.6 is 0 Å². The standard InChI is InChI=1S/C15H22N2O5/c1-13(2)19-10-7-18-15(8-17-6-5-16-9-17)12(11(10)20-13)21-14(3,4)22-15/h5-6,9-12H,7-8H2,1-4H3/t10-,11-,12+,15+/m1/s1. The zero-order valence-electron chi connectivity index (χ0n) is 13.3. The molecule has 0 saturated carbocycles. The average molecular weight is 310 g/mol. The molecule has 0 aliphatic carbocycles. The van der Waals surface area contributed by atoms with E-state index in [1.807, 2.05) is 38.5 Å². The molecule has 3 fully saturated rings. The molecule has 7 heteroatoms. The van der Waals surface area contributed by atoms with E-state index in [9.17, 15) is 0 Å². The molecule has 3 aliphatic heterocycles. The maximum Gasteiger partial charge on any atom is 0.218 e. The first kappa shape index (κ1) is 14.6. The van der Waals surface area contributed by atoms with Crippen LogP contribution in [0.15, 0.2) is 18.7 Å². The molecule has 0 bridgehead atoms. The summed E-state index contributed by atoms with van der Waals surface area (Å²) in [5.74, 6) is -2.27. The van der Waals surface area contributed by atoms with Crippen molar-refractivity contribution >= 4 is 0 Å². The van der Waals surface area contributed by atoms with Crippen LogP contribution in [0, 0.1) is 0 Å². The Morgan fingerprint density at radius 3 is 2.68 bits per heavy atom. The summed E-state index contributed by atoms with van der Waals surface area (Å²) in [6, 6.07) is 0. The molecule has 0 aromatic carbocycles.